The van der Waals surface area contributed by atoms with Gasteiger partial charge < -0.3 is 20.4 Å². The van der Waals surface area contributed by atoms with Gasteiger partial charge in [-0.3, -0.25) is 9.59 Å². The van der Waals surface area contributed by atoms with Crippen molar-refractivity contribution in [1.82, 2.24) is 5.32 Å². The average Bonchev–Trinajstić information content (AvgIpc) is 3.23. The van der Waals surface area contributed by atoms with Crippen LogP contribution in [-0.2, 0) is 4.79 Å². The van der Waals surface area contributed by atoms with Crippen LogP contribution in [0.4, 0.5) is 11.4 Å². The normalized spacial score (nSPS) is 16.1. The lowest BCUT2D eigenvalue weighted by molar-refractivity contribution is -0.116. The Bertz CT molecular complexity index is 729. The van der Waals surface area contributed by atoms with Crippen molar-refractivity contribution in [2.24, 2.45) is 0 Å². The molecule has 2 heterocycles. The van der Waals surface area contributed by atoms with Crippen molar-refractivity contribution in [3.63, 3.8) is 0 Å². The number of benzene rings is 1. The highest BCUT2D eigenvalue weighted by Gasteiger charge is 2.19. The Labute approximate surface area is 156 Å². The molecule has 134 valence electrons. The Kier molecular flexibility index (Phi) is 6.87. The van der Waals surface area contributed by atoms with E-state index in [1.54, 1.807) is 30.3 Å². The van der Waals surface area contributed by atoms with Gasteiger partial charge in [0.2, 0.25) is 5.91 Å². The minimum absolute atomic E-state index is 0. The molecule has 1 aromatic heterocycles. The van der Waals surface area contributed by atoms with E-state index in [4.69, 9.17) is 16.0 Å². The maximum absolute atomic E-state index is 12.2. The molecule has 0 bridgehead atoms. The molecule has 25 heavy (non-hydrogen) atoms. The van der Waals surface area contributed by atoms with Crippen molar-refractivity contribution in [1.29, 1.82) is 0 Å². The lowest BCUT2D eigenvalue weighted by Crippen LogP contribution is -2.27. The number of anilines is 2. The Balaban J connectivity index is 0.00000225. The summed E-state index contributed by atoms with van der Waals surface area (Å²) in [4.78, 5) is 24.3. The van der Waals surface area contributed by atoms with Gasteiger partial charge in [0.15, 0.2) is 5.76 Å². The Morgan fingerprint density at radius 2 is 2.08 bits per heavy atom. The van der Waals surface area contributed by atoms with Gasteiger partial charge in [-0.15, -0.1) is 12.4 Å². The molecule has 8 heteroatoms. The zero-order chi connectivity index (χ0) is 16.9. The van der Waals surface area contributed by atoms with Gasteiger partial charge in [0.25, 0.3) is 5.91 Å². The van der Waals surface area contributed by atoms with Crippen LogP contribution in [0.2, 0.25) is 5.02 Å². The minimum Gasteiger partial charge on any atom is -0.459 e. The zero-order valence-corrected chi connectivity index (χ0v) is 15.0. The van der Waals surface area contributed by atoms with Gasteiger partial charge in [-0.05, 0) is 49.7 Å². The number of halogens is 2. The first-order valence-corrected chi connectivity index (χ1v) is 8.17. The SMILES string of the molecule is Cl.O=C(CC1CCCN1)Nc1ccc(Cl)cc1NC(=O)c1ccco1. The molecule has 1 unspecified atom stereocenters. The summed E-state index contributed by atoms with van der Waals surface area (Å²) in [6.07, 6.45) is 3.90. The fraction of sp³-hybridized carbons (Fsp3) is 0.294. The lowest BCUT2D eigenvalue weighted by Gasteiger charge is -2.14. The second-order valence-electron chi connectivity index (χ2n) is 5.67. The molecule has 1 aliphatic rings. The molecule has 2 amide bonds. The van der Waals surface area contributed by atoms with Crippen molar-refractivity contribution in [2.75, 3.05) is 17.2 Å². The van der Waals surface area contributed by atoms with Crippen LogP contribution in [0.3, 0.4) is 0 Å². The Morgan fingerprint density at radius 1 is 1.24 bits per heavy atom. The fourth-order valence-electron chi connectivity index (χ4n) is 2.68. The summed E-state index contributed by atoms with van der Waals surface area (Å²) in [5.41, 5.74) is 0.930. The minimum atomic E-state index is -0.407. The standard InChI is InChI=1S/C17H18ClN3O3.ClH/c18-11-5-6-13(20-16(22)10-12-3-1-7-19-12)14(9-11)21-17(23)15-4-2-8-24-15;/h2,4-6,8-9,12,19H,1,3,7,10H2,(H,20,22)(H,21,23);1H. The number of amides is 2. The van der Waals surface area contributed by atoms with Crippen LogP contribution < -0.4 is 16.0 Å². The van der Waals surface area contributed by atoms with Crippen molar-refractivity contribution < 1.29 is 14.0 Å². The summed E-state index contributed by atoms with van der Waals surface area (Å²) in [6, 6.07) is 8.31. The molecule has 1 fully saturated rings. The highest BCUT2D eigenvalue weighted by molar-refractivity contribution is 6.31. The summed E-state index contributed by atoms with van der Waals surface area (Å²) in [6.45, 7) is 0.948. The number of nitrogens with one attached hydrogen (secondary N) is 3. The van der Waals surface area contributed by atoms with Crippen molar-refractivity contribution in [3.8, 4) is 0 Å². The summed E-state index contributed by atoms with van der Waals surface area (Å²) >= 11 is 6.00. The molecule has 0 spiro atoms. The van der Waals surface area contributed by atoms with Gasteiger partial charge in [-0.2, -0.15) is 0 Å². The van der Waals surface area contributed by atoms with E-state index >= 15 is 0 Å². The molecule has 1 atom stereocenters. The molecule has 1 aromatic carbocycles. The van der Waals surface area contributed by atoms with E-state index in [-0.39, 0.29) is 30.1 Å². The van der Waals surface area contributed by atoms with Gasteiger partial charge in [0.1, 0.15) is 0 Å². The molecule has 0 saturated carbocycles. The first-order chi connectivity index (χ1) is 11.6. The number of rotatable bonds is 5. The second kappa shape index (κ2) is 8.89. The maximum atomic E-state index is 12.2. The van der Waals surface area contributed by atoms with E-state index in [0.29, 0.717) is 22.8 Å². The number of carbonyl (C=O) groups is 2. The third-order valence-corrected chi connectivity index (χ3v) is 4.08. The van der Waals surface area contributed by atoms with Crippen LogP contribution in [0.25, 0.3) is 0 Å². The van der Waals surface area contributed by atoms with Crippen LogP contribution in [-0.4, -0.2) is 24.4 Å². The number of hydrogen-bond donors (Lipinski definition) is 3. The third-order valence-electron chi connectivity index (χ3n) is 3.84. The first kappa shape index (κ1) is 19.3. The molecule has 1 saturated heterocycles. The van der Waals surface area contributed by atoms with E-state index in [0.717, 1.165) is 19.4 Å². The summed E-state index contributed by atoms with van der Waals surface area (Å²) in [5.74, 6) is -0.331. The van der Waals surface area contributed by atoms with Crippen LogP contribution in [0.5, 0.6) is 0 Å². The number of hydrogen-bond acceptors (Lipinski definition) is 4. The monoisotopic (exact) mass is 383 g/mol. The fourth-order valence-corrected chi connectivity index (χ4v) is 2.85. The van der Waals surface area contributed by atoms with E-state index in [9.17, 15) is 9.59 Å². The smallest absolute Gasteiger partial charge is 0.291 e. The van der Waals surface area contributed by atoms with Crippen LogP contribution in [0.1, 0.15) is 29.8 Å². The average molecular weight is 384 g/mol. The molecule has 0 aliphatic carbocycles. The molecule has 0 radical (unpaired) electrons. The molecule has 6 nitrogen and oxygen atoms in total. The Hall–Kier alpha value is -2.02. The molecule has 3 rings (SSSR count). The molecular formula is C17H19Cl2N3O3. The quantitative estimate of drug-likeness (QED) is 0.734. The predicted molar refractivity (Wildman–Crippen MR) is 99.6 cm³/mol. The van der Waals surface area contributed by atoms with Gasteiger partial charge >= 0.3 is 0 Å². The summed E-state index contributed by atoms with van der Waals surface area (Å²) < 4.78 is 5.07. The second-order valence-corrected chi connectivity index (χ2v) is 6.10. The largest absolute Gasteiger partial charge is 0.459 e. The molecular weight excluding hydrogens is 365 g/mol. The molecule has 3 N–H and O–H groups in total. The van der Waals surface area contributed by atoms with E-state index in [1.807, 2.05) is 0 Å². The van der Waals surface area contributed by atoms with Gasteiger partial charge in [0.05, 0.1) is 17.6 Å². The van der Waals surface area contributed by atoms with Gasteiger partial charge in [-0.25, -0.2) is 0 Å². The van der Waals surface area contributed by atoms with Crippen molar-refractivity contribution in [3.05, 3.63) is 47.4 Å². The van der Waals surface area contributed by atoms with Gasteiger partial charge in [-0.1, -0.05) is 11.6 Å². The van der Waals surface area contributed by atoms with E-state index < -0.39 is 5.91 Å². The van der Waals surface area contributed by atoms with E-state index in [1.165, 1.54) is 6.26 Å². The van der Waals surface area contributed by atoms with E-state index in [2.05, 4.69) is 16.0 Å². The van der Waals surface area contributed by atoms with Crippen LogP contribution in [0, 0.1) is 0 Å². The summed E-state index contributed by atoms with van der Waals surface area (Å²) in [5, 5.41) is 9.28. The van der Waals surface area contributed by atoms with Crippen molar-refractivity contribution >= 4 is 47.2 Å². The topological polar surface area (TPSA) is 83.4 Å². The van der Waals surface area contributed by atoms with Crippen molar-refractivity contribution in [2.45, 2.75) is 25.3 Å². The number of carbonyl (C=O) groups excluding carboxylic acids is 2. The molecule has 1 aliphatic heterocycles. The highest BCUT2D eigenvalue weighted by atomic mass is 35.5. The van der Waals surface area contributed by atoms with Crippen LogP contribution >= 0.6 is 24.0 Å². The predicted octanol–water partition coefficient (Wildman–Crippen LogP) is 3.69. The summed E-state index contributed by atoms with van der Waals surface area (Å²) in [7, 11) is 0. The maximum Gasteiger partial charge on any atom is 0.291 e. The third kappa shape index (κ3) is 5.22. The number of furan rings is 1. The van der Waals surface area contributed by atoms with Gasteiger partial charge in [0, 0.05) is 17.5 Å². The first-order valence-electron chi connectivity index (χ1n) is 7.79. The Morgan fingerprint density at radius 3 is 2.76 bits per heavy atom. The van der Waals surface area contributed by atoms with Crippen LogP contribution in [0.15, 0.2) is 41.0 Å². The zero-order valence-electron chi connectivity index (χ0n) is 13.4. The molecule has 2 aromatic rings. The lowest BCUT2D eigenvalue weighted by atomic mass is 10.1. The highest BCUT2D eigenvalue weighted by Crippen LogP contribution is 2.27.